The highest BCUT2D eigenvalue weighted by Gasteiger charge is 2.39. The first-order valence-corrected chi connectivity index (χ1v) is 5.88. The van der Waals surface area contributed by atoms with E-state index in [1.54, 1.807) is 0 Å². The van der Waals surface area contributed by atoms with E-state index >= 15 is 0 Å². The molecule has 0 aromatic heterocycles. The molecule has 2 unspecified atom stereocenters. The molecule has 0 aliphatic carbocycles. The average Bonchev–Trinajstić information content (AvgIpc) is 1.96. The topological polar surface area (TPSA) is 43.1 Å². The number of nitrogens with two attached hydrogens (primary N) is 1. The summed E-state index contributed by atoms with van der Waals surface area (Å²) in [5.41, 5.74) is 4.98. The Morgan fingerprint density at radius 2 is 1.79 bits per heavy atom. The molecule has 0 heterocycles. The summed E-state index contributed by atoms with van der Waals surface area (Å²) in [6.45, 7) is 3.15. The highest BCUT2D eigenvalue weighted by Crippen LogP contribution is 2.26. The first-order chi connectivity index (χ1) is 6.27. The molecule has 0 saturated carbocycles. The summed E-state index contributed by atoms with van der Waals surface area (Å²) < 4.78 is 47.8. The van der Waals surface area contributed by atoms with Crippen LogP contribution in [0.4, 0.5) is 13.2 Å². The van der Waals surface area contributed by atoms with E-state index in [4.69, 9.17) is 5.73 Å². The maximum Gasteiger partial charge on any atom is 0.393 e. The zero-order valence-electron chi connectivity index (χ0n) is 8.30. The summed E-state index contributed by atoms with van der Waals surface area (Å²) in [7, 11) is -1.43. The van der Waals surface area contributed by atoms with Gasteiger partial charge in [0, 0.05) is 28.9 Å². The largest absolute Gasteiger partial charge is 0.393 e. The molecule has 0 amide bonds. The third-order valence-corrected chi connectivity index (χ3v) is 3.47. The quantitative estimate of drug-likeness (QED) is 0.779. The van der Waals surface area contributed by atoms with E-state index in [0.29, 0.717) is 5.75 Å². The van der Waals surface area contributed by atoms with Crippen LogP contribution in [0.5, 0.6) is 0 Å². The Hall–Kier alpha value is -0.100. The zero-order valence-corrected chi connectivity index (χ0v) is 9.12. The second-order valence-corrected chi connectivity index (χ2v) is 5.19. The van der Waals surface area contributed by atoms with Gasteiger partial charge >= 0.3 is 6.18 Å². The van der Waals surface area contributed by atoms with E-state index in [9.17, 15) is 17.4 Å². The lowest BCUT2D eigenvalue weighted by molar-refractivity contribution is -0.165. The van der Waals surface area contributed by atoms with E-state index in [1.165, 1.54) is 0 Å². The van der Waals surface area contributed by atoms with Gasteiger partial charge in [0.05, 0.1) is 5.92 Å². The van der Waals surface area contributed by atoms with E-state index in [0.717, 1.165) is 0 Å². The summed E-state index contributed by atoms with van der Waals surface area (Å²) in [5, 5.41) is 0. The molecule has 86 valence electrons. The van der Waals surface area contributed by atoms with Gasteiger partial charge in [-0.15, -0.1) is 0 Å². The van der Waals surface area contributed by atoms with Gasteiger partial charge < -0.3 is 5.73 Å². The van der Waals surface area contributed by atoms with Gasteiger partial charge in [0.1, 0.15) is 0 Å². The number of alkyl halides is 3. The van der Waals surface area contributed by atoms with Crippen LogP contribution in [-0.4, -0.2) is 28.4 Å². The lowest BCUT2D eigenvalue weighted by Gasteiger charge is -2.18. The van der Waals surface area contributed by atoms with Crippen LogP contribution in [0.15, 0.2) is 0 Å². The van der Waals surface area contributed by atoms with E-state index in [1.807, 2.05) is 13.8 Å². The molecule has 0 spiro atoms. The smallest absolute Gasteiger partial charge is 0.330 e. The van der Waals surface area contributed by atoms with Gasteiger partial charge in [-0.3, -0.25) is 4.21 Å². The van der Waals surface area contributed by atoms with Crippen molar-refractivity contribution >= 4 is 10.8 Å². The molecule has 0 bridgehead atoms. The second-order valence-electron chi connectivity index (χ2n) is 3.64. The van der Waals surface area contributed by atoms with Crippen LogP contribution in [0.2, 0.25) is 0 Å². The first kappa shape index (κ1) is 13.9. The fourth-order valence-corrected chi connectivity index (χ4v) is 2.61. The van der Waals surface area contributed by atoms with Gasteiger partial charge in [0.25, 0.3) is 0 Å². The molecule has 0 aromatic carbocycles. The highest BCUT2D eigenvalue weighted by molar-refractivity contribution is 7.85. The minimum absolute atomic E-state index is 0.141. The number of halogens is 3. The molecule has 2 atom stereocenters. The standard InChI is InChI=1S/C8H16F3NOS/c1-6(2)4-14(13)5-7(3-12)8(9,10)11/h6-7H,3-5,12H2,1-2H3. The van der Waals surface area contributed by atoms with E-state index in [2.05, 4.69) is 0 Å². The summed E-state index contributed by atoms with van der Waals surface area (Å²) in [5.74, 6) is -1.57. The number of hydrogen-bond donors (Lipinski definition) is 1. The van der Waals surface area contributed by atoms with E-state index in [-0.39, 0.29) is 11.7 Å². The van der Waals surface area contributed by atoms with Crippen LogP contribution >= 0.6 is 0 Å². The minimum atomic E-state index is -4.33. The van der Waals surface area contributed by atoms with Crippen molar-refractivity contribution in [3.8, 4) is 0 Å². The Kier molecular flexibility index (Phi) is 5.66. The van der Waals surface area contributed by atoms with Crippen molar-refractivity contribution < 1.29 is 17.4 Å². The predicted octanol–water partition coefficient (Wildman–Crippen LogP) is 1.53. The molecule has 0 saturated heterocycles. The molecule has 0 fully saturated rings. The Balaban J connectivity index is 4.13. The molecule has 6 heteroatoms. The molecular formula is C8H16F3NOS. The van der Waals surface area contributed by atoms with Gasteiger partial charge in [0.2, 0.25) is 0 Å². The highest BCUT2D eigenvalue weighted by atomic mass is 32.2. The van der Waals surface area contributed by atoms with Crippen molar-refractivity contribution in [1.29, 1.82) is 0 Å². The Morgan fingerprint density at radius 1 is 1.29 bits per heavy atom. The van der Waals surface area contributed by atoms with Crippen LogP contribution in [0.1, 0.15) is 13.8 Å². The van der Waals surface area contributed by atoms with Crippen molar-refractivity contribution in [3.63, 3.8) is 0 Å². The molecule has 0 aliphatic heterocycles. The van der Waals surface area contributed by atoms with Crippen molar-refractivity contribution in [2.24, 2.45) is 17.6 Å². The lowest BCUT2D eigenvalue weighted by Crippen LogP contribution is -2.35. The van der Waals surface area contributed by atoms with Gasteiger partial charge in [-0.1, -0.05) is 13.8 Å². The maximum atomic E-state index is 12.2. The van der Waals surface area contributed by atoms with Gasteiger partial charge in [-0.2, -0.15) is 13.2 Å². The van der Waals surface area contributed by atoms with Gasteiger partial charge in [-0.05, 0) is 5.92 Å². The summed E-state index contributed by atoms with van der Waals surface area (Å²) in [6.07, 6.45) is -4.33. The van der Waals surface area contributed by atoms with Gasteiger partial charge in [-0.25, -0.2) is 0 Å². The molecule has 0 aromatic rings. The predicted molar refractivity (Wildman–Crippen MR) is 51.3 cm³/mol. The minimum Gasteiger partial charge on any atom is -0.330 e. The first-order valence-electron chi connectivity index (χ1n) is 4.39. The molecule has 0 rings (SSSR count). The lowest BCUT2D eigenvalue weighted by atomic mass is 10.2. The van der Waals surface area contributed by atoms with Crippen LogP contribution < -0.4 is 5.73 Å². The molecule has 0 radical (unpaired) electrons. The summed E-state index contributed by atoms with van der Waals surface area (Å²) in [6, 6.07) is 0. The monoisotopic (exact) mass is 231 g/mol. The van der Waals surface area contributed by atoms with Crippen molar-refractivity contribution in [3.05, 3.63) is 0 Å². The van der Waals surface area contributed by atoms with Gasteiger partial charge in [0.15, 0.2) is 0 Å². The van der Waals surface area contributed by atoms with Crippen molar-refractivity contribution in [2.45, 2.75) is 20.0 Å². The summed E-state index contributed by atoms with van der Waals surface area (Å²) in [4.78, 5) is 0. The number of rotatable bonds is 5. The van der Waals surface area contributed by atoms with Crippen molar-refractivity contribution in [2.75, 3.05) is 18.1 Å². The zero-order chi connectivity index (χ0) is 11.4. The second kappa shape index (κ2) is 5.70. The normalized spacial score (nSPS) is 17.1. The average molecular weight is 231 g/mol. The third-order valence-electron chi connectivity index (χ3n) is 1.65. The molecule has 2 nitrogen and oxygen atoms in total. The Labute approximate surface area is 84.5 Å². The van der Waals surface area contributed by atoms with Crippen molar-refractivity contribution in [1.82, 2.24) is 0 Å². The van der Waals surface area contributed by atoms with Crippen LogP contribution in [0, 0.1) is 11.8 Å². The third kappa shape index (κ3) is 5.59. The van der Waals surface area contributed by atoms with E-state index < -0.39 is 29.4 Å². The molecular weight excluding hydrogens is 215 g/mol. The van der Waals surface area contributed by atoms with Crippen LogP contribution in [0.25, 0.3) is 0 Å². The SMILES string of the molecule is CC(C)CS(=O)CC(CN)C(F)(F)F. The fraction of sp³-hybridized carbons (Fsp3) is 1.00. The maximum absolute atomic E-state index is 12.2. The fourth-order valence-electron chi connectivity index (χ4n) is 0.960. The Morgan fingerprint density at radius 3 is 2.07 bits per heavy atom. The summed E-state index contributed by atoms with van der Waals surface area (Å²) >= 11 is 0. The molecule has 2 N–H and O–H groups in total. The molecule has 0 aliphatic rings. The van der Waals surface area contributed by atoms with Crippen LogP contribution in [-0.2, 0) is 10.8 Å². The Bertz CT molecular complexity index is 194. The number of hydrogen-bond acceptors (Lipinski definition) is 2. The molecule has 14 heavy (non-hydrogen) atoms. The van der Waals surface area contributed by atoms with Crippen LogP contribution in [0.3, 0.4) is 0 Å².